The van der Waals surface area contributed by atoms with Crippen LogP contribution in [-0.2, 0) is 4.79 Å². The number of rotatable bonds is 3. The third kappa shape index (κ3) is 2.27. The van der Waals surface area contributed by atoms with Crippen LogP contribution in [-0.4, -0.2) is 16.9 Å². The number of carboxylic acid groups (broad SMARTS) is 1. The average molecular weight is 252 g/mol. The average Bonchev–Trinajstić information content (AvgIpc) is 2.83. The zero-order valence-electron chi connectivity index (χ0n) is 9.97. The van der Waals surface area contributed by atoms with Crippen LogP contribution in [0.3, 0.4) is 0 Å². The number of carbonyl (C=O) groups is 2. The second-order valence-electron chi connectivity index (χ2n) is 4.92. The lowest BCUT2D eigenvalue weighted by atomic mass is 9.90. The number of aliphatic carboxylic acids is 1. The molecule has 3 atom stereocenters. The number of Topliss-reactive ketones (excluding diaryl/α,β-unsaturated/α-hetero) is 1. The highest BCUT2D eigenvalue weighted by molar-refractivity contribution is 7.12. The molecule has 0 aliphatic heterocycles. The van der Waals surface area contributed by atoms with Gasteiger partial charge >= 0.3 is 5.97 Å². The van der Waals surface area contributed by atoms with Crippen molar-refractivity contribution < 1.29 is 14.7 Å². The van der Waals surface area contributed by atoms with Crippen LogP contribution in [0, 0.1) is 24.7 Å². The van der Waals surface area contributed by atoms with Crippen molar-refractivity contribution >= 4 is 23.1 Å². The molecule has 3 nitrogen and oxygen atoms in total. The number of carbonyl (C=O) groups excluding carboxylic acids is 1. The molecule has 1 aromatic heterocycles. The minimum Gasteiger partial charge on any atom is -0.481 e. The molecule has 0 spiro atoms. The molecule has 4 heteroatoms. The van der Waals surface area contributed by atoms with Gasteiger partial charge in [0.15, 0.2) is 5.78 Å². The van der Waals surface area contributed by atoms with Crippen LogP contribution in [0.4, 0.5) is 0 Å². The number of hydrogen-bond acceptors (Lipinski definition) is 3. The Morgan fingerprint density at radius 2 is 2.00 bits per heavy atom. The number of carboxylic acids is 1. The normalized spacial score (nSPS) is 28.2. The zero-order chi connectivity index (χ0) is 12.6. The predicted octanol–water partition coefficient (Wildman–Crippen LogP) is 2.99. The van der Waals surface area contributed by atoms with Gasteiger partial charge in [-0.25, -0.2) is 0 Å². The molecule has 1 aliphatic rings. The van der Waals surface area contributed by atoms with Crippen molar-refractivity contribution in [1.82, 2.24) is 0 Å². The fourth-order valence-corrected chi connectivity index (χ4v) is 3.58. The van der Waals surface area contributed by atoms with Gasteiger partial charge < -0.3 is 5.11 Å². The summed E-state index contributed by atoms with van der Waals surface area (Å²) in [6, 6.07) is 1.91. The molecule has 1 heterocycles. The molecule has 0 aromatic carbocycles. The lowest BCUT2D eigenvalue weighted by molar-refractivity contribution is -0.142. The van der Waals surface area contributed by atoms with Crippen molar-refractivity contribution in [2.45, 2.75) is 26.7 Å². The van der Waals surface area contributed by atoms with Crippen molar-refractivity contribution in [2.24, 2.45) is 17.8 Å². The standard InChI is InChI=1S/C13H16O3S/c1-7-5-9(10(6-7)13(15)16)11(14)12-8(2)3-4-17-12/h3-4,7,9-10H,5-6H2,1-2H3,(H,15,16). The van der Waals surface area contributed by atoms with E-state index in [0.717, 1.165) is 10.4 Å². The summed E-state index contributed by atoms with van der Waals surface area (Å²) in [4.78, 5) is 24.2. The topological polar surface area (TPSA) is 54.4 Å². The molecule has 0 saturated heterocycles. The SMILES string of the molecule is Cc1ccsc1C(=O)C1CC(C)CC1C(=O)O. The summed E-state index contributed by atoms with van der Waals surface area (Å²) in [5.74, 6) is -1.32. The molecule has 1 fully saturated rings. The monoisotopic (exact) mass is 252 g/mol. The molecule has 0 bridgehead atoms. The van der Waals surface area contributed by atoms with Crippen molar-refractivity contribution in [3.8, 4) is 0 Å². The molecule has 2 rings (SSSR count). The lowest BCUT2D eigenvalue weighted by Gasteiger charge is -2.13. The van der Waals surface area contributed by atoms with Crippen LogP contribution in [0.15, 0.2) is 11.4 Å². The van der Waals surface area contributed by atoms with E-state index in [2.05, 4.69) is 0 Å². The fourth-order valence-electron chi connectivity index (χ4n) is 2.65. The fraction of sp³-hybridized carbons (Fsp3) is 0.538. The van der Waals surface area contributed by atoms with E-state index in [9.17, 15) is 9.59 Å². The Labute approximate surface area is 104 Å². The number of ketones is 1. The van der Waals surface area contributed by atoms with E-state index < -0.39 is 11.9 Å². The molecule has 1 saturated carbocycles. The first kappa shape index (κ1) is 12.3. The first-order valence-corrected chi connectivity index (χ1v) is 6.69. The molecule has 3 unspecified atom stereocenters. The highest BCUT2D eigenvalue weighted by Crippen LogP contribution is 2.39. The number of hydrogen-bond donors (Lipinski definition) is 1. The second-order valence-corrected chi connectivity index (χ2v) is 5.84. The predicted molar refractivity (Wildman–Crippen MR) is 66.4 cm³/mol. The van der Waals surface area contributed by atoms with Crippen LogP contribution in [0.1, 0.15) is 35.0 Å². The molecule has 1 N–H and O–H groups in total. The minimum absolute atomic E-state index is 0.0225. The van der Waals surface area contributed by atoms with Gasteiger partial charge in [-0.2, -0.15) is 0 Å². The van der Waals surface area contributed by atoms with Crippen molar-refractivity contribution in [1.29, 1.82) is 0 Å². The van der Waals surface area contributed by atoms with Crippen molar-refractivity contribution in [2.75, 3.05) is 0 Å². The largest absolute Gasteiger partial charge is 0.481 e. The first-order valence-electron chi connectivity index (χ1n) is 5.81. The van der Waals surface area contributed by atoms with E-state index in [1.54, 1.807) is 0 Å². The molecule has 1 aromatic rings. The van der Waals surface area contributed by atoms with E-state index in [1.165, 1.54) is 11.3 Å². The van der Waals surface area contributed by atoms with Crippen molar-refractivity contribution in [3.63, 3.8) is 0 Å². The van der Waals surface area contributed by atoms with Gasteiger partial charge in [-0.3, -0.25) is 9.59 Å². The van der Waals surface area contributed by atoms with E-state index in [-0.39, 0.29) is 11.7 Å². The summed E-state index contributed by atoms with van der Waals surface area (Å²) in [6.45, 7) is 3.92. The van der Waals surface area contributed by atoms with Crippen LogP contribution in [0.25, 0.3) is 0 Å². The Kier molecular flexibility index (Phi) is 3.33. The summed E-state index contributed by atoms with van der Waals surface area (Å²) in [6.07, 6.45) is 1.32. The molecule has 0 amide bonds. The Morgan fingerprint density at radius 3 is 2.53 bits per heavy atom. The maximum Gasteiger partial charge on any atom is 0.307 e. The number of aryl methyl sites for hydroxylation is 1. The maximum atomic E-state index is 12.3. The molecule has 0 radical (unpaired) electrons. The molecular weight excluding hydrogens is 236 g/mol. The highest BCUT2D eigenvalue weighted by atomic mass is 32.1. The maximum absolute atomic E-state index is 12.3. The highest BCUT2D eigenvalue weighted by Gasteiger charge is 2.41. The molecule has 17 heavy (non-hydrogen) atoms. The van der Waals surface area contributed by atoms with Crippen LogP contribution in [0.2, 0.25) is 0 Å². The summed E-state index contributed by atoms with van der Waals surface area (Å²) in [5.41, 5.74) is 0.962. The van der Waals surface area contributed by atoms with Gasteiger partial charge in [0.25, 0.3) is 0 Å². The summed E-state index contributed by atoms with van der Waals surface area (Å²) < 4.78 is 0. The van der Waals surface area contributed by atoms with Gasteiger partial charge in [0.1, 0.15) is 0 Å². The van der Waals surface area contributed by atoms with E-state index in [4.69, 9.17) is 5.11 Å². The summed E-state index contributed by atoms with van der Waals surface area (Å²) in [5, 5.41) is 11.1. The van der Waals surface area contributed by atoms with Crippen molar-refractivity contribution in [3.05, 3.63) is 21.9 Å². The van der Waals surface area contributed by atoms with Gasteiger partial charge in [0.2, 0.25) is 0 Å². The Balaban J connectivity index is 2.25. The van der Waals surface area contributed by atoms with E-state index in [1.807, 2.05) is 25.3 Å². The lowest BCUT2D eigenvalue weighted by Crippen LogP contribution is -2.25. The second kappa shape index (κ2) is 4.61. The quantitative estimate of drug-likeness (QED) is 0.841. The molecule has 92 valence electrons. The summed E-state index contributed by atoms with van der Waals surface area (Å²) in [7, 11) is 0. The van der Waals surface area contributed by atoms with Gasteiger partial charge in [-0.05, 0) is 42.7 Å². The van der Waals surface area contributed by atoms with Crippen LogP contribution < -0.4 is 0 Å². The Bertz CT molecular complexity index is 449. The van der Waals surface area contributed by atoms with Gasteiger partial charge in [0.05, 0.1) is 10.8 Å². The number of thiophene rings is 1. The smallest absolute Gasteiger partial charge is 0.307 e. The molecule has 1 aliphatic carbocycles. The minimum atomic E-state index is -0.832. The zero-order valence-corrected chi connectivity index (χ0v) is 10.8. The molecular formula is C13H16O3S. The van der Waals surface area contributed by atoms with Gasteiger partial charge in [-0.15, -0.1) is 11.3 Å². The van der Waals surface area contributed by atoms with E-state index in [0.29, 0.717) is 18.8 Å². The third-order valence-corrected chi connectivity index (χ3v) is 4.57. The first-order chi connectivity index (χ1) is 8.00. The van der Waals surface area contributed by atoms with Crippen LogP contribution >= 0.6 is 11.3 Å². The van der Waals surface area contributed by atoms with E-state index >= 15 is 0 Å². The Morgan fingerprint density at radius 1 is 1.35 bits per heavy atom. The van der Waals surface area contributed by atoms with Crippen LogP contribution in [0.5, 0.6) is 0 Å². The van der Waals surface area contributed by atoms with Gasteiger partial charge in [-0.1, -0.05) is 6.92 Å². The third-order valence-electron chi connectivity index (χ3n) is 3.54. The Hall–Kier alpha value is -1.16. The van der Waals surface area contributed by atoms with Gasteiger partial charge in [0, 0.05) is 5.92 Å². The summed E-state index contributed by atoms with van der Waals surface area (Å²) >= 11 is 1.42.